The minimum Gasteiger partial charge on any atom is -0.469 e. The van der Waals surface area contributed by atoms with E-state index < -0.39 is 0 Å². The number of methoxy groups -OCH3 is 1. The number of hydrogen-bond donors (Lipinski definition) is 2. The summed E-state index contributed by atoms with van der Waals surface area (Å²) in [6.45, 7) is 5.73. The Morgan fingerprint density at radius 3 is 2.52 bits per heavy atom. The third kappa shape index (κ3) is 3.42. The van der Waals surface area contributed by atoms with Gasteiger partial charge in [-0.05, 0) is 26.8 Å². The summed E-state index contributed by atoms with van der Waals surface area (Å²) in [5, 5.41) is 3.77. The van der Waals surface area contributed by atoms with Crippen LogP contribution in [0, 0.1) is 0 Å². The predicted octanol–water partition coefficient (Wildman–Crippen LogP) is 2.41. The SMILES string of the molecule is COC(=O)Cc1c(C(=O)NC(C)(C)C)[nH]c2ccccc12. The second-order valence-electron chi connectivity index (χ2n) is 5.98. The lowest BCUT2D eigenvalue weighted by Crippen LogP contribution is -2.41. The van der Waals surface area contributed by atoms with Crippen LogP contribution in [0.2, 0.25) is 0 Å². The average Bonchev–Trinajstić information content (AvgIpc) is 2.76. The third-order valence-electron chi connectivity index (χ3n) is 3.08. The third-order valence-corrected chi connectivity index (χ3v) is 3.08. The number of carbonyl (C=O) groups is 2. The van der Waals surface area contributed by atoms with Gasteiger partial charge in [0.15, 0.2) is 0 Å². The van der Waals surface area contributed by atoms with Crippen molar-refractivity contribution < 1.29 is 14.3 Å². The van der Waals surface area contributed by atoms with Crippen LogP contribution in [0.15, 0.2) is 24.3 Å². The van der Waals surface area contributed by atoms with E-state index >= 15 is 0 Å². The molecule has 21 heavy (non-hydrogen) atoms. The van der Waals surface area contributed by atoms with Crippen LogP contribution in [0.4, 0.5) is 0 Å². The van der Waals surface area contributed by atoms with E-state index in [4.69, 9.17) is 4.74 Å². The summed E-state index contributed by atoms with van der Waals surface area (Å²) >= 11 is 0. The molecule has 0 fully saturated rings. The monoisotopic (exact) mass is 288 g/mol. The Morgan fingerprint density at radius 1 is 1.24 bits per heavy atom. The van der Waals surface area contributed by atoms with E-state index in [1.54, 1.807) is 0 Å². The Labute approximate surface area is 123 Å². The highest BCUT2D eigenvalue weighted by atomic mass is 16.5. The van der Waals surface area contributed by atoms with E-state index in [9.17, 15) is 9.59 Å². The molecule has 0 radical (unpaired) electrons. The number of nitrogens with one attached hydrogen (secondary N) is 2. The maximum atomic E-state index is 12.4. The van der Waals surface area contributed by atoms with Gasteiger partial charge < -0.3 is 15.0 Å². The van der Waals surface area contributed by atoms with Gasteiger partial charge in [0.2, 0.25) is 0 Å². The molecule has 0 atom stereocenters. The predicted molar refractivity (Wildman–Crippen MR) is 81.2 cm³/mol. The molecule has 1 aromatic heterocycles. The first kappa shape index (κ1) is 15.1. The van der Waals surface area contributed by atoms with Crippen molar-refractivity contribution in [2.24, 2.45) is 0 Å². The van der Waals surface area contributed by atoms with E-state index in [2.05, 4.69) is 10.3 Å². The highest BCUT2D eigenvalue weighted by Gasteiger charge is 2.23. The van der Waals surface area contributed by atoms with E-state index in [0.29, 0.717) is 11.3 Å². The fourth-order valence-corrected chi connectivity index (χ4v) is 2.20. The summed E-state index contributed by atoms with van der Waals surface area (Å²) in [5.74, 6) is -0.595. The lowest BCUT2D eigenvalue weighted by molar-refractivity contribution is -0.139. The molecule has 0 aliphatic heterocycles. The topological polar surface area (TPSA) is 71.2 Å². The summed E-state index contributed by atoms with van der Waals surface area (Å²) in [6.07, 6.45) is 0.0629. The fourth-order valence-electron chi connectivity index (χ4n) is 2.20. The van der Waals surface area contributed by atoms with Crippen molar-refractivity contribution in [3.63, 3.8) is 0 Å². The number of benzene rings is 1. The molecule has 0 aliphatic carbocycles. The zero-order chi connectivity index (χ0) is 15.6. The van der Waals surface area contributed by atoms with E-state index in [1.165, 1.54) is 7.11 Å². The van der Waals surface area contributed by atoms with Crippen molar-refractivity contribution in [1.29, 1.82) is 0 Å². The molecule has 0 spiro atoms. The van der Waals surface area contributed by atoms with Crippen LogP contribution >= 0.6 is 0 Å². The first-order valence-electron chi connectivity index (χ1n) is 6.81. The number of amides is 1. The van der Waals surface area contributed by atoms with Gasteiger partial charge in [-0.1, -0.05) is 18.2 Å². The Morgan fingerprint density at radius 2 is 1.90 bits per heavy atom. The molecule has 2 rings (SSSR count). The molecule has 1 heterocycles. The molecule has 5 nitrogen and oxygen atoms in total. The molecule has 0 saturated heterocycles. The number of rotatable bonds is 3. The van der Waals surface area contributed by atoms with Crippen LogP contribution in [0.5, 0.6) is 0 Å². The molecule has 0 unspecified atom stereocenters. The van der Waals surface area contributed by atoms with E-state index in [-0.39, 0.29) is 23.8 Å². The number of carbonyl (C=O) groups excluding carboxylic acids is 2. The Hall–Kier alpha value is -2.30. The molecule has 0 bridgehead atoms. The van der Waals surface area contributed by atoms with Crippen LogP contribution in [0.3, 0.4) is 0 Å². The molecule has 2 N–H and O–H groups in total. The molecule has 5 heteroatoms. The number of para-hydroxylation sites is 1. The van der Waals surface area contributed by atoms with Crippen LogP contribution in [-0.4, -0.2) is 29.5 Å². The summed E-state index contributed by atoms with van der Waals surface area (Å²) < 4.78 is 4.72. The zero-order valence-corrected chi connectivity index (χ0v) is 12.7. The Balaban J connectivity index is 2.48. The molecular weight excluding hydrogens is 268 g/mol. The number of aromatic amines is 1. The van der Waals surface area contributed by atoms with E-state index in [1.807, 2.05) is 45.0 Å². The summed E-state index contributed by atoms with van der Waals surface area (Å²) in [5.41, 5.74) is 1.56. The second-order valence-corrected chi connectivity index (χ2v) is 5.98. The maximum absolute atomic E-state index is 12.4. The molecule has 0 saturated carbocycles. The van der Waals surface area contributed by atoms with Crippen LogP contribution in [-0.2, 0) is 16.0 Å². The first-order chi connectivity index (χ1) is 9.81. The highest BCUT2D eigenvalue weighted by molar-refractivity contribution is 6.02. The van der Waals surface area contributed by atoms with Crippen molar-refractivity contribution in [2.75, 3.05) is 7.11 Å². The number of H-pyrrole nitrogens is 1. The van der Waals surface area contributed by atoms with Crippen LogP contribution < -0.4 is 5.32 Å². The highest BCUT2D eigenvalue weighted by Crippen LogP contribution is 2.23. The van der Waals surface area contributed by atoms with Gasteiger partial charge >= 0.3 is 5.97 Å². The minimum absolute atomic E-state index is 0.0629. The van der Waals surface area contributed by atoms with Crippen molar-refractivity contribution in [1.82, 2.24) is 10.3 Å². The van der Waals surface area contributed by atoms with E-state index in [0.717, 1.165) is 10.9 Å². The zero-order valence-electron chi connectivity index (χ0n) is 12.7. The summed E-state index contributed by atoms with van der Waals surface area (Å²) in [6, 6.07) is 7.52. The molecular formula is C16H20N2O3. The van der Waals surface area contributed by atoms with Gasteiger partial charge in [0.1, 0.15) is 5.69 Å². The molecule has 1 amide bonds. The van der Waals surface area contributed by atoms with Gasteiger partial charge in [-0.2, -0.15) is 0 Å². The average molecular weight is 288 g/mol. The number of esters is 1. The van der Waals surface area contributed by atoms with Crippen LogP contribution in [0.1, 0.15) is 36.8 Å². The van der Waals surface area contributed by atoms with Gasteiger partial charge in [0, 0.05) is 22.0 Å². The first-order valence-corrected chi connectivity index (χ1v) is 6.81. The Bertz CT molecular complexity index is 680. The van der Waals surface area contributed by atoms with Gasteiger partial charge in [-0.25, -0.2) is 0 Å². The standard InChI is InChI=1S/C16H20N2O3/c1-16(2,3)18-15(20)14-11(9-13(19)21-4)10-7-5-6-8-12(10)17-14/h5-8,17H,9H2,1-4H3,(H,18,20). The van der Waals surface area contributed by atoms with Crippen molar-refractivity contribution in [3.8, 4) is 0 Å². The summed E-state index contributed by atoms with van der Waals surface area (Å²) in [4.78, 5) is 27.1. The Kier molecular flexibility index (Phi) is 4.02. The van der Waals surface area contributed by atoms with Gasteiger partial charge in [0.25, 0.3) is 5.91 Å². The minimum atomic E-state index is -0.371. The maximum Gasteiger partial charge on any atom is 0.310 e. The number of hydrogen-bond acceptors (Lipinski definition) is 3. The second kappa shape index (κ2) is 5.60. The molecule has 1 aromatic carbocycles. The van der Waals surface area contributed by atoms with Gasteiger partial charge in [0.05, 0.1) is 13.5 Å². The number of ether oxygens (including phenoxy) is 1. The molecule has 112 valence electrons. The lowest BCUT2D eigenvalue weighted by atomic mass is 10.1. The molecule has 2 aromatic rings. The van der Waals surface area contributed by atoms with Crippen molar-refractivity contribution in [2.45, 2.75) is 32.7 Å². The largest absolute Gasteiger partial charge is 0.469 e. The quantitative estimate of drug-likeness (QED) is 0.852. The summed E-state index contributed by atoms with van der Waals surface area (Å²) in [7, 11) is 1.34. The molecule has 0 aliphatic rings. The fraction of sp³-hybridized carbons (Fsp3) is 0.375. The van der Waals surface area contributed by atoms with Gasteiger partial charge in [-0.3, -0.25) is 9.59 Å². The number of fused-ring (bicyclic) bond motifs is 1. The number of aromatic nitrogens is 1. The van der Waals surface area contributed by atoms with Gasteiger partial charge in [-0.15, -0.1) is 0 Å². The van der Waals surface area contributed by atoms with Crippen molar-refractivity contribution >= 4 is 22.8 Å². The van der Waals surface area contributed by atoms with Crippen molar-refractivity contribution in [3.05, 3.63) is 35.5 Å². The lowest BCUT2D eigenvalue weighted by Gasteiger charge is -2.20. The normalized spacial score (nSPS) is 11.4. The van der Waals surface area contributed by atoms with Crippen LogP contribution in [0.25, 0.3) is 10.9 Å². The smallest absolute Gasteiger partial charge is 0.310 e.